The Morgan fingerprint density at radius 3 is 1.53 bits per heavy atom. The molecule has 0 saturated heterocycles. The van der Waals surface area contributed by atoms with E-state index in [-0.39, 0.29) is 19.2 Å². The number of unbranched alkanes of at least 4 members (excludes halogenated alkanes) is 13. The van der Waals surface area contributed by atoms with Crippen molar-refractivity contribution in [3.63, 3.8) is 0 Å². The van der Waals surface area contributed by atoms with Crippen LogP contribution in [0.15, 0.2) is 72.9 Å². The van der Waals surface area contributed by atoms with Gasteiger partial charge in [0.05, 0.1) is 13.2 Å². The predicted octanol–water partition coefficient (Wildman–Crippen LogP) is 11.9. The summed E-state index contributed by atoms with van der Waals surface area (Å²) in [6, 6.07) is 0. The molecular weight excluding hydrogens is 556 g/mol. The molecule has 258 valence electrons. The standard InChI is InChI=1S/C41H70O4/c1-3-5-7-9-11-13-15-17-19-20-21-22-23-24-26-28-30-32-34-36-41(43)45-40(38-42)39-44-37-35-33-31-29-27-25-18-16-14-12-10-8-6-4-2/h5,7,11,13-14,16-17,19,21-22,24,26,40,42H,3-4,6,8-10,12,15,18,20,23,25,27-39H2,1-2H3/b7-5-,13-11-,16-14-,19-17-,22-21-,26-24-. The minimum absolute atomic E-state index is 0.191. The van der Waals surface area contributed by atoms with Crippen molar-refractivity contribution in [2.75, 3.05) is 19.8 Å². The van der Waals surface area contributed by atoms with Gasteiger partial charge in [-0.25, -0.2) is 0 Å². The first kappa shape index (κ1) is 42.8. The summed E-state index contributed by atoms with van der Waals surface area (Å²) >= 11 is 0. The van der Waals surface area contributed by atoms with Crippen molar-refractivity contribution in [1.29, 1.82) is 0 Å². The summed E-state index contributed by atoms with van der Waals surface area (Å²) < 4.78 is 11.1. The molecule has 0 aromatic heterocycles. The van der Waals surface area contributed by atoms with Crippen molar-refractivity contribution in [2.24, 2.45) is 0 Å². The molecule has 0 aromatic carbocycles. The van der Waals surface area contributed by atoms with Crippen molar-refractivity contribution in [3.05, 3.63) is 72.9 Å². The summed E-state index contributed by atoms with van der Waals surface area (Å²) in [5.41, 5.74) is 0. The number of hydrogen-bond acceptors (Lipinski definition) is 4. The van der Waals surface area contributed by atoms with Crippen LogP contribution >= 0.6 is 0 Å². The molecule has 0 aromatic rings. The minimum Gasteiger partial charge on any atom is -0.457 e. The van der Waals surface area contributed by atoms with Gasteiger partial charge in [0.15, 0.2) is 0 Å². The van der Waals surface area contributed by atoms with Crippen LogP contribution in [0.4, 0.5) is 0 Å². The fourth-order valence-corrected chi connectivity index (χ4v) is 4.76. The first-order valence-electron chi connectivity index (χ1n) is 18.5. The maximum atomic E-state index is 12.1. The van der Waals surface area contributed by atoms with Crippen molar-refractivity contribution in [2.45, 2.75) is 161 Å². The maximum Gasteiger partial charge on any atom is 0.306 e. The fraction of sp³-hybridized carbons (Fsp3) is 0.683. The van der Waals surface area contributed by atoms with E-state index >= 15 is 0 Å². The molecule has 1 unspecified atom stereocenters. The number of aliphatic hydroxyl groups is 1. The third-order valence-corrected chi connectivity index (χ3v) is 7.52. The van der Waals surface area contributed by atoms with Gasteiger partial charge in [-0.2, -0.15) is 0 Å². The lowest BCUT2D eigenvalue weighted by Crippen LogP contribution is -2.27. The van der Waals surface area contributed by atoms with Gasteiger partial charge in [0.2, 0.25) is 0 Å². The van der Waals surface area contributed by atoms with Crippen LogP contribution in [-0.4, -0.2) is 37.0 Å². The highest BCUT2D eigenvalue weighted by Crippen LogP contribution is 2.10. The molecule has 0 amide bonds. The summed E-state index contributed by atoms with van der Waals surface area (Å²) in [4.78, 5) is 12.1. The average molecular weight is 627 g/mol. The summed E-state index contributed by atoms with van der Waals surface area (Å²) in [5.74, 6) is -0.237. The monoisotopic (exact) mass is 627 g/mol. The molecule has 0 fully saturated rings. The molecule has 0 radical (unpaired) electrons. The lowest BCUT2D eigenvalue weighted by atomic mass is 10.1. The Morgan fingerprint density at radius 2 is 1.00 bits per heavy atom. The SMILES string of the molecule is CC/C=C\C/C=C\C/C=C\C/C=C\C/C=C\CCCCCC(=O)OC(CO)COCCCCCCCC/C=C\CCCCCC. The van der Waals surface area contributed by atoms with Gasteiger partial charge in [0.25, 0.3) is 0 Å². The highest BCUT2D eigenvalue weighted by Gasteiger charge is 2.13. The fourth-order valence-electron chi connectivity index (χ4n) is 4.76. The number of allylic oxidation sites excluding steroid dienone is 12. The maximum absolute atomic E-state index is 12.1. The van der Waals surface area contributed by atoms with Crippen LogP contribution in [0.3, 0.4) is 0 Å². The summed E-state index contributed by atoms with van der Waals surface area (Å²) in [5, 5.41) is 9.55. The Morgan fingerprint density at radius 1 is 0.556 bits per heavy atom. The number of esters is 1. The number of carbonyl (C=O) groups is 1. The van der Waals surface area contributed by atoms with Crippen molar-refractivity contribution < 1.29 is 19.4 Å². The molecule has 4 nitrogen and oxygen atoms in total. The summed E-state index contributed by atoms with van der Waals surface area (Å²) in [7, 11) is 0. The Kier molecular flexibility index (Phi) is 36.2. The van der Waals surface area contributed by atoms with Crippen LogP contribution in [0.5, 0.6) is 0 Å². The smallest absolute Gasteiger partial charge is 0.306 e. The van der Waals surface area contributed by atoms with E-state index in [9.17, 15) is 9.90 Å². The second-order valence-corrected chi connectivity index (χ2v) is 11.9. The lowest BCUT2D eigenvalue weighted by molar-refractivity contribution is -0.154. The van der Waals surface area contributed by atoms with Crippen molar-refractivity contribution in [3.8, 4) is 0 Å². The zero-order chi connectivity index (χ0) is 32.7. The van der Waals surface area contributed by atoms with E-state index in [2.05, 4.69) is 86.8 Å². The number of hydrogen-bond donors (Lipinski definition) is 1. The quantitative estimate of drug-likeness (QED) is 0.0447. The Bertz CT molecular complexity index is 789. The van der Waals surface area contributed by atoms with Crippen LogP contribution in [-0.2, 0) is 14.3 Å². The van der Waals surface area contributed by atoms with Gasteiger partial charge in [-0.15, -0.1) is 0 Å². The van der Waals surface area contributed by atoms with Gasteiger partial charge in [-0.3, -0.25) is 4.79 Å². The first-order valence-corrected chi connectivity index (χ1v) is 18.5. The topological polar surface area (TPSA) is 55.8 Å². The van der Waals surface area contributed by atoms with Crippen molar-refractivity contribution in [1.82, 2.24) is 0 Å². The van der Waals surface area contributed by atoms with Crippen LogP contribution in [0.1, 0.15) is 155 Å². The molecule has 0 heterocycles. The second-order valence-electron chi connectivity index (χ2n) is 11.9. The molecule has 0 aliphatic carbocycles. The highest BCUT2D eigenvalue weighted by molar-refractivity contribution is 5.69. The Balaban J connectivity index is 3.57. The first-order chi connectivity index (χ1) is 22.2. The van der Waals surface area contributed by atoms with Gasteiger partial charge < -0.3 is 14.6 Å². The van der Waals surface area contributed by atoms with Crippen LogP contribution < -0.4 is 0 Å². The summed E-state index contributed by atoms with van der Waals surface area (Å²) in [6.07, 6.45) is 50.8. The molecular formula is C41H70O4. The highest BCUT2D eigenvalue weighted by atomic mass is 16.6. The van der Waals surface area contributed by atoms with Crippen LogP contribution in [0.2, 0.25) is 0 Å². The number of ether oxygens (including phenoxy) is 2. The van der Waals surface area contributed by atoms with Gasteiger partial charge in [-0.1, -0.05) is 138 Å². The van der Waals surface area contributed by atoms with E-state index in [4.69, 9.17) is 9.47 Å². The number of aliphatic hydroxyl groups excluding tert-OH is 1. The van der Waals surface area contributed by atoms with E-state index in [1.54, 1.807) is 0 Å². The molecule has 0 spiro atoms. The number of carbonyl (C=O) groups excluding carboxylic acids is 1. The van der Waals surface area contributed by atoms with Crippen LogP contribution in [0.25, 0.3) is 0 Å². The molecule has 0 rings (SSSR count). The Labute approximate surface area is 278 Å². The molecule has 1 atom stereocenters. The molecule has 0 bridgehead atoms. The van der Waals surface area contributed by atoms with Crippen molar-refractivity contribution >= 4 is 5.97 Å². The van der Waals surface area contributed by atoms with Gasteiger partial charge in [-0.05, 0) is 83.5 Å². The van der Waals surface area contributed by atoms with E-state index < -0.39 is 6.10 Å². The molecule has 0 aliphatic rings. The molecule has 45 heavy (non-hydrogen) atoms. The minimum atomic E-state index is -0.557. The summed E-state index contributed by atoms with van der Waals surface area (Å²) in [6.45, 7) is 5.15. The predicted molar refractivity (Wildman–Crippen MR) is 196 cm³/mol. The molecule has 0 aliphatic heterocycles. The normalized spacial score (nSPS) is 13.2. The zero-order valence-electron chi connectivity index (χ0n) is 29.4. The largest absolute Gasteiger partial charge is 0.457 e. The zero-order valence-corrected chi connectivity index (χ0v) is 29.4. The van der Waals surface area contributed by atoms with E-state index in [0.717, 1.165) is 70.6 Å². The molecule has 1 N–H and O–H groups in total. The second kappa shape index (κ2) is 38.0. The lowest BCUT2D eigenvalue weighted by Gasteiger charge is -2.15. The molecule has 0 saturated carbocycles. The third kappa shape index (κ3) is 36.2. The number of rotatable bonds is 33. The van der Waals surface area contributed by atoms with Gasteiger partial charge in [0, 0.05) is 13.0 Å². The van der Waals surface area contributed by atoms with E-state index in [1.165, 1.54) is 64.2 Å². The van der Waals surface area contributed by atoms with Gasteiger partial charge >= 0.3 is 5.97 Å². The molecule has 4 heteroatoms. The van der Waals surface area contributed by atoms with Crippen LogP contribution in [0, 0.1) is 0 Å². The van der Waals surface area contributed by atoms with E-state index in [1.807, 2.05) is 0 Å². The van der Waals surface area contributed by atoms with Gasteiger partial charge in [0.1, 0.15) is 6.10 Å². The van der Waals surface area contributed by atoms with E-state index in [0.29, 0.717) is 13.0 Å². The third-order valence-electron chi connectivity index (χ3n) is 7.52. The average Bonchev–Trinajstić information content (AvgIpc) is 3.05. The Hall–Kier alpha value is -2.17.